The number of likely N-dealkylation sites (tertiary alicyclic amines) is 1. The topological polar surface area (TPSA) is 32.7 Å². The fourth-order valence-corrected chi connectivity index (χ4v) is 4.66. The molecular weight excluding hydrogens is 382 g/mol. The third-order valence-electron chi connectivity index (χ3n) is 6.89. The molecule has 0 radical (unpaired) electrons. The SMILES string of the molecule is CCCCCCC(C)(C)c1ccc(C2CC(O)CCN2C)c(OCc2ccccc2)c1. The van der Waals surface area contributed by atoms with Gasteiger partial charge in [-0.15, -0.1) is 0 Å². The summed E-state index contributed by atoms with van der Waals surface area (Å²) >= 11 is 0. The number of rotatable bonds is 10. The summed E-state index contributed by atoms with van der Waals surface area (Å²) in [6.07, 6.45) is 7.71. The molecule has 1 N–H and O–H groups in total. The Kier molecular flexibility index (Phi) is 8.57. The van der Waals surface area contributed by atoms with Gasteiger partial charge >= 0.3 is 0 Å². The van der Waals surface area contributed by atoms with Gasteiger partial charge in [0, 0.05) is 18.2 Å². The van der Waals surface area contributed by atoms with Crippen LogP contribution in [0.2, 0.25) is 0 Å². The molecule has 0 bridgehead atoms. The highest BCUT2D eigenvalue weighted by atomic mass is 16.5. The van der Waals surface area contributed by atoms with E-state index in [4.69, 9.17) is 4.74 Å². The van der Waals surface area contributed by atoms with Crippen molar-refractivity contribution in [2.45, 2.75) is 89.9 Å². The van der Waals surface area contributed by atoms with Gasteiger partial charge in [0.1, 0.15) is 12.4 Å². The maximum Gasteiger partial charge on any atom is 0.124 e. The first-order valence-electron chi connectivity index (χ1n) is 12.1. The lowest BCUT2D eigenvalue weighted by Gasteiger charge is -2.36. The number of aliphatic hydroxyl groups excluding tert-OH is 1. The van der Waals surface area contributed by atoms with E-state index in [1.807, 2.05) is 6.07 Å². The van der Waals surface area contributed by atoms with Crippen LogP contribution in [0.5, 0.6) is 5.75 Å². The minimum atomic E-state index is -0.238. The van der Waals surface area contributed by atoms with Gasteiger partial charge in [-0.3, -0.25) is 4.90 Å². The number of hydrogen-bond acceptors (Lipinski definition) is 3. The third-order valence-corrected chi connectivity index (χ3v) is 6.89. The molecule has 0 amide bonds. The molecule has 1 saturated heterocycles. The number of unbranched alkanes of at least 4 members (excludes halogenated alkanes) is 3. The van der Waals surface area contributed by atoms with Crippen molar-refractivity contribution in [2.75, 3.05) is 13.6 Å². The quantitative estimate of drug-likeness (QED) is 0.435. The first-order chi connectivity index (χ1) is 14.9. The van der Waals surface area contributed by atoms with Crippen LogP contribution in [0.3, 0.4) is 0 Å². The van der Waals surface area contributed by atoms with Crippen molar-refractivity contribution in [3.8, 4) is 5.75 Å². The first-order valence-corrected chi connectivity index (χ1v) is 12.1. The summed E-state index contributed by atoms with van der Waals surface area (Å²) < 4.78 is 6.43. The molecule has 3 rings (SSSR count). The summed E-state index contributed by atoms with van der Waals surface area (Å²) in [4.78, 5) is 2.35. The maximum atomic E-state index is 10.3. The normalized spacial score (nSPS) is 20.0. The predicted molar refractivity (Wildman–Crippen MR) is 130 cm³/mol. The van der Waals surface area contributed by atoms with Gasteiger partial charge in [-0.2, -0.15) is 0 Å². The molecule has 0 aromatic heterocycles. The van der Waals surface area contributed by atoms with Gasteiger partial charge in [0.25, 0.3) is 0 Å². The Morgan fingerprint density at radius 1 is 1.06 bits per heavy atom. The van der Waals surface area contributed by atoms with Crippen LogP contribution < -0.4 is 4.74 Å². The van der Waals surface area contributed by atoms with Crippen molar-refractivity contribution in [1.29, 1.82) is 0 Å². The molecule has 3 nitrogen and oxygen atoms in total. The Hall–Kier alpha value is -1.84. The highest BCUT2D eigenvalue weighted by Crippen LogP contribution is 2.39. The molecule has 1 fully saturated rings. The number of hydrogen-bond donors (Lipinski definition) is 1. The largest absolute Gasteiger partial charge is 0.489 e. The van der Waals surface area contributed by atoms with E-state index < -0.39 is 0 Å². The molecule has 31 heavy (non-hydrogen) atoms. The van der Waals surface area contributed by atoms with Gasteiger partial charge in [0.2, 0.25) is 0 Å². The minimum Gasteiger partial charge on any atom is -0.489 e. The molecule has 1 aliphatic rings. The number of piperidine rings is 1. The Labute approximate surface area is 189 Å². The third kappa shape index (κ3) is 6.57. The second-order valence-corrected chi connectivity index (χ2v) is 9.90. The lowest BCUT2D eigenvalue weighted by molar-refractivity contribution is 0.0540. The molecule has 2 aromatic carbocycles. The van der Waals surface area contributed by atoms with Gasteiger partial charge in [0.15, 0.2) is 0 Å². The summed E-state index contributed by atoms with van der Waals surface area (Å²) in [7, 11) is 2.16. The van der Waals surface area contributed by atoms with Gasteiger partial charge in [-0.1, -0.05) is 88.9 Å². The number of ether oxygens (including phenoxy) is 1. The van der Waals surface area contributed by atoms with Crippen LogP contribution in [0.25, 0.3) is 0 Å². The van der Waals surface area contributed by atoms with Gasteiger partial charge in [0.05, 0.1) is 6.10 Å². The zero-order valence-corrected chi connectivity index (χ0v) is 19.9. The molecular formula is C28H41NO2. The van der Waals surface area contributed by atoms with Crippen LogP contribution in [0, 0.1) is 0 Å². The molecule has 0 saturated carbocycles. The monoisotopic (exact) mass is 423 g/mol. The van der Waals surface area contributed by atoms with E-state index in [1.54, 1.807) is 0 Å². The van der Waals surface area contributed by atoms with Crippen LogP contribution >= 0.6 is 0 Å². The van der Waals surface area contributed by atoms with E-state index in [9.17, 15) is 5.11 Å². The second kappa shape index (κ2) is 11.2. The smallest absolute Gasteiger partial charge is 0.124 e. The molecule has 2 aromatic rings. The second-order valence-electron chi connectivity index (χ2n) is 9.90. The fourth-order valence-electron chi connectivity index (χ4n) is 4.66. The highest BCUT2D eigenvalue weighted by molar-refractivity contribution is 5.42. The van der Waals surface area contributed by atoms with E-state index in [0.717, 1.165) is 25.1 Å². The molecule has 2 unspecified atom stereocenters. The zero-order chi connectivity index (χ0) is 22.3. The van der Waals surface area contributed by atoms with Crippen LogP contribution in [0.15, 0.2) is 48.5 Å². The molecule has 1 heterocycles. The Bertz CT molecular complexity index is 802. The van der Waals surface area contributed by atoms with Gasteiger partial charge in [-0.05, 0) is 48.9 Å². The zero-order valence-electron chi connectivity index (χ0n) is 19.9. The Morgan fingerprint density at radius 2 is 1.84 bits per heavy atom. The van der Waals surface area contributed by atoms with Crippen molar-refractivity contribution in [2.24, 2.45) is 0 Å². The number of nitrogens with zero attached hydrogens (tertiary/aromatic N) is 1. The molecule has 1 aliphatic heterocycles. The number of benzene rings is 2. The van der Waals surface area contributed by atoms with Gasteiger partial charge < -0.3 is 9.84 Å². The van der Waals surface area contributed by atoms with Crippen LogP contribution in [0.1, 0.15) is 88.4 Å². The first kappa shape index (κ1) is 23.8. The van der Waals surface area contributed by atoms with Crippen molar-refractivity contribution in [3.05, 3.63) is 65.2 Å². The maximum absolute atomic E-state index is 10.3. The molecule has 3 heteroatoms. The summed E-state index contributed by atoms with van der Waals surface area (Å²) in [6.45, 7) is 8.44. The Morgan fingerprint density at radius 3 is 2.58 bits per heavy atom. The summed E-state index contributed by atoms with van der Waals surface area (Å²) in [6, 6.07) is 17.4. The van der Waals surface area contributed by atoms with Crippen molar-refractivity contribution in [3.63, 3.8) is 0 Å². The average Bonchev–Trinajstić information content (AvgIpc) is 2.77. The Balaban J connectivity index is 1.85. The van der Waals surface area contributed by atoms with Crippen molar-refractivity contribution in [1.82, 2.24) is 4.90 Å². The van der Waals surface area contributed by atoms with E-state index in [1.165, 1.54) is 48.8 Å². The summed E-state index contributed by atoms with van der Waals surface area (Å²) in [5.74, 6) is 0.967. The van der Waals surface area contributed by atoms with Crippen molar-refractivity contribution >= 4 is 0 Å². The van der Waals surface area contributed by atoms with Crippen molar-refractivity contribution < 1.29 is 9.84 Å². The standard InChI is InChI=1S/C28H41NO2/c1-5-6-7-11-17-28(2,3)23-14-15-25(26-20-24(30)16-18-29(26)4)27(19-23)31-21-22-12-9-8-10-13-22/h8-10,12-15,19,24,26,30H,5-7,11,16-18,20-21H2,1-4H3. The number of aliphatic hydroxyl groups is 1. The van der Waals surface area contributed by atoms with E-state index in [2.05, 4.69) is 75.2 Å². The van der Waals surface area contributed by atoms with Crippen LogP contribution in [-0.4, -0.2) is 29.7 Å². The molecule has 0 spiro atoms. The van der Waals surface area contributed by atoms with Crippen LogP contribution in [-0.2, 0) is 12.0 Å². The molecule has 2 atom stereocenters. The van der Waals surface area contributed by atoms with E-state index >= 15 is 0 Å². The lowest BCUT2D eigenvalue weighted by atomic mass is 9.79. The fraction of sp³-hybridized carbons (Fsp3) is 0.571. The summed E-state index contributed by atoms with van der Waals surface area (Å²) in [5.41, 5.74) is 3.84. The lowest BCUT2D eigenvalue weighted by Crippen LogP contribution is -2.36. The van der Waals surface area contributed by atoms with E-state index in [-0.39, 0.29) is 17.6 Å². The van der Waals surface area contributed by atoms with E-state index in [0.29, 0.717) is 6.61 Å². The minimum absolute atomic E-state index is 0.120. The van der Waals surface area contributed by atoms with Gasteiger partial charge in [-0.25, -0.2) is 0 Å². The van der Waals surface area contributed by atoms with Crippen LogP contribution in [0.4, 0.5) is 0 Å². The molecule has 0 aliphatic carbocycles. The predicted octanol–water partition coefficient (Wildman–Crippen LogP) is 6.64. The molecule has 170 valence electrons. The summed E-state index contributed by atoms with van der Waals surface area (Å²) in [5, 5.41) is 10.3. The highest BCUT2D eigenvalue weighted by Gasteiger charge is 2.30. The average molecular weight is 424 g/mol.